The van der Waals surface area contributed by atoms with Crippen LogP contribution in [-0.4, -0.2) is 0 Å². The Labute approximate surface area is 123 Å². The van der Waals surface area contributed by atoms with E-state index in [9.17, 15) is 5.26 Å². The van der Waals surface area contributed by atoms with Gasteiger partial charge in [-0.3, -0.25) is 0 Å². The van der Waals surface area contributed by atoms with Gasteiger partial charge in [-0.15, -0.1) is 11.3 Å². The summed E-state index contributed by atoms with van der Waals surface area (Å²) in [7, 11) is 0. The number of hydrogen-bond acceptors (Lipinski definition) is 2. The Morgan fingerprint density at radius 3 is 2.72 bits per heavy atom. The van der Waals surface area contributed by atoms with Crippen LogP contribution in [0, 0.1) is 18.3 Å². The number of nitrogens with zero attached hydrogens (tertiary/aromatic N) is 1. The molecule has 0 N–H and O–H groups in total. The van der Waals surface area contributed by atoms with Gasteiger partial charge in [-0.2, -0.15) is 5.26 Å². The van der Waals surface area contributed by atoms with Crippen LogP contribution in [0.3, 0.4) is 0 Å². The molecule has 4 heteroatoms. The molecule has 0 spiro atoms. The van der Waals surface area contributed by atoms with Crippen LogP contribution in [0.2, 0.25) is 0 Å². The van der Waals surface area contributed by atoms with Crippen LogP contribution >= 0.6 is 38.9 Å². The van der Waals surface area contributed by atoms with Crippen LogP contribution in [-0.2, 0) is 0 Å². The fourth-order valence-corrected chi connectivity index (χ4v) is 3.26. The van der Waals surface area contributed by atoms with Crippen LogP contribution < -0.4 is 0 Å². The normalized spacial score (nSPS) is 11.9. The summed E-state index contributed by atoms with van der Waals surface area (Å²) in [6.45, 7) is 1.98. The molecule has 1 heterocycles. The summed E-state index contributed by atoms with van der Waals surface area (Å²) in [5.41, 5.74) is 2.46. The molecule has 90 valence electrons. The second-order valence-corrected chi connectivity index (χ2v) is 5.98. The minimum Gasteiger partial charge on any atom is -0.192 e. The quantitative estimate of drug-likeness (QED) is 0.668. The van der Waals surface area contributed by atoms with Crippen LogP contribution in [0.25, 0.3) is 10.6 Å². The first-order valence-electron chi connectivity index (χ1n) is 5.23. The minimum absolute atomic E-state index is 0.505. The molecule has 0 unspecified atom stereocenters. The van der Waals surface area contributed by atoms with Crippen LogP contribution in [0.15, 0.2) is 40.2 Å². The summed E-state index contributed by atoms with van der Waals surface area (Å²) in [6.07, 6.45) is 0. The lowest BCUT2D eigenvalue weighted by Crippen LogP contribution is -1.87. The summed E-state index contributed by atoms with van der Waals surface area (Å²) < 4.78 is 1.00. The maximum absolute atomic E-state index is 9.28. The lowest BCUT2D eigenvalue weighted by molar-refractivity contribution is 1.42. The van der Waals surface area contributed by atoms with E-state index in [2.05, 4.69) is 22.0 Å². The summed E-state index contributed by atoms with van der Waals surface area (Å²) in [6, 6.07) is 11.8. The number of halogens is 2. The van der Waals surface area contributed by atoms with Gasteiger partial charge < -0.3 is 0 Å². The molecule has 2 rings (SSSR count). The zero-order valence-electron chi connectivity index (χ0n) is 9.58. The first-order valence-corrected chi connectivity index (χ1v) is 7.29. The van der Waals surface area contributed by atoms with Gasteiger partial charge in [-0.05, 0) is 41.6 Å². The average molecular weight is 339 g/mol. The van der Waals surface area contributed by atoms with E-state index in [-0.39, 0.29) is 0 Å². The molecule has 0 bridgehead atoms. The van der Waals surface area contributed by atoms with Gasteiger partial charge in [0.25, 0.3) is 0 Å². The van der Waals surface area contributed by atoms with E-state index in [1.165, 1.54) is 11.3 Å². The van der Waals surface area contributed by atoms with Gasteiger partial charge in [0.2, 0.25) is 0 Å². The largest absolute Gasteiger partial charge is 0.192 e. The summed E-state index contributed by atoms with van der Waals surface area (Å²) in [5.74, 6) is 0. The van der Waals surface area contributed by atoms with Crippen molar-refractivity contribution in [1.82, 2.24) is 0 Å². The number of rotatable bonds is 2. The minimum atomic E-state index is 0.505. The van der Waals surface area contributed by atoms with E-state index < -0.39 is 0 Å². The SMILES string of the molecule is Cc1cc(Br)ccc1C(Cl)=C(C#N)c1cccs1. The number of benzene rings is 1. The molecular formula is C14H9BrClNS. The highest BCUT2D eigenvalue weighted by Gasteiger charge is 2.12. The molecule has 0 saturated carbocycles. The molecule has 1 aromatic carbocycles. The van der Waals surface area contributed by atoms with Crippen molar-refractivity contribution in [3.8, 4) is 6.07 Å². The van der Waals surface area contributed by atoms with Crippen molar-refractivity contribution in [2.75, 3.05) is 0 Å². The number of thiophene rings is 1. The van der Waals surface area contributed by atoms with Crippen molar-refractivity contribution >= 4 is 49.5 Å². The smallest absolute Gasteiger partial charge is 0.102 e. The summed E-state index contributed by atoms with van der Waals surface area (Å²) in [4.78, 5) is 0.893. The molecule has 0 aliphatic heterocycles. The second kappa shape index (κ2) is 5.71. The zero-order chi connectivity index (χ0) is 13.1. The zero-order valence-corrected chi connectivity index (χ0v) is 12.7. The van der Waals surface area contributed by atoms with Gasteiger partial charge in [0.15, 0.2) is 0 Å². The van der Waals surface area contributed by atoms with E-state index in [0.717, 1.165) is 20.5 Å². The van der Waals surface area contributed by atoms with Crippen molar-refractivity contribution in [2.24, 2.45) is 0 Å². The lowest BCUT2D eigenvalue weighted by atomic mass is 10.1. The molecule has 0 radical (unpaired) electrons. The van der Waals surface area contributed by atoms with Gasteiger partial charge >= 0.3 is 0 Å². The number of hydrogen-bond donors (Lipinski definition) is 0. The average Bonchev–Trinajstić information content (AvgIpc) is 2.83. The van der Waals surface area contributed by atoms with Crippen molar-refractivity contribution in [1.29, 1.82) is 5.26 Å². The molecule has 1 aromatic heterocycles. The highest BCUT2D eigenvalue weighted by atomic mass is 79.9. The second-order valence-electron chi connectivity index (χ2n) is 3.74. The molecule has 0 fully saturated rings. The van der Waals surface area contributed by atoms with Gasteiger partial charge in [0, 0.05) is 9.35 Å². The Morgan fingerprint density at radius 2 is 2.17 bits per heavy atom. The van der Waals surface area contributed by atoms with E-state index in [1.54, 1.807) is 0 Å². The third-order valence-corrected chi connectivity index (χ3v) is 4.30. The maximum atomic E-state index is 9.28. The predicted octanol–water partition coefficient (Wildman–Crippen LogP) is 5.45. The molecule has 1 nitrogen and oxygen atoms in total. The van der Waals surface area contributed by atoms with Gasteiger partial charge in [0.05, 0.1) is 10.6 Å². The third kappa shape index (κ3) is 2.67. The standard InChI is InChI=1S/C14H9BrClNS/c1-9-7-10(15)4-5-11(9)14(16)12(8-17)13-3-2-6-18-13/h2-7H,1H3. The molecule has 0 amide bonds. The van der Waals surface area contributed by atoms with Crippen LogP contribution in [0.4, 0.5) is 0 Å². The number of aryl methyl sites for hydroxylation is 1. The number of nitriles is 1. The van der Waals surface area contributed by atoms with Crippen molar-refractivity contribution in [3.05, 3.63) is 56.2 Å². The van der Waals surface area contributed by atoms with E-state index in [4.69, 9.17) is 11.6 Å². The Balaban J connectivity index is 2.58. The monoisotopic (exact) mass is 337 g/mol. The van der Waals surface area contributed by atoms with Gasteiger partial charge in [-0.25, -0.2) is 0 Å². The molecule has 0 aliphatic rings. The molecular weight excluding hydrogens is 330 g/mol. The fourth-order valence-electron chi connectivity index (χ4n) is 1.64. The highest BCUT2D eigenvalue weighted by Crippen LogP contribution is 2.33. The Morgan fingerprint density at radius 1 is 1.39 bits per heavy atom. The Hall–Kier alpha value is -1.08. The molecule has 0 aliphatic carbocycles. The molecule has 18 heavy (non-hydrogen) atoms. The Kier molecular flexibility index (Phi) is 4.23. The molecule has 2 aromatic rings. The fraction of sp³-hybridized carbons (Fsp3) is 0.0714. The van der Waals surface area contributed by atoms with Gasteiger partial charge in [-0.1, -0.05) is 39.7 Å². The first kappa shape index (κ1) is 13.4. The number of allylic oxidation sites excluding steroid dienone is 1. The highest BCUT2D eigenvalue weighted by molar-refractivity contribution is 9.10. The van der Waals surface area contributed by atoms with E-state index in [0.29, 0.717) is 10.6 Å². The Bertz CT molecular complexity index is 638. The summed E-state index contributed by atoms with van der Waals surface area (Å²) in [5, 5.41) is 11.7. The first-order chi connectivity index (χ1) is 8.63. The van der Waals surface area contributed by atoms with E-state index >= 15 is 0 Å². The maximum Gasteiger partial charge on any atom is 0.102 e. The van der Waals surface area contributed by atoms with Crippen molar-refractivity contribution < 1.29 is 0 Å². The van der Waals surface area contributed by atoms with E-state index in [1.807, 2.05) is 42.6 Å². The predicted molar refractivity (Wildman–Crippen MR) is 81.5 cm³/mol. The van der Waals surface area contributed by atoms with Crippen LogP contribution in [0.1, 0.15) is 16.0 Å². The lowest BCUT2D eigenvalue weighted by Gasteiger charge is -2.07. The van der Waals surface area contributed by atoms with Crippen molar-refractivity contribution in [3.63, 3.8) is 0 Å². The summed E-state index contributed by atoms with van der Waals surface area (Å²) >= 11 is 11.3. The topological polar surface area (TPSA) is 23.8 Å². The third-order valence-electron chi connectivity index (χ3n) is 2.52. The van der Waals surface area contributed by atoms with Gasteiger partial charge in [0.1, 0.15) is 6.07 Å². The van der Waals surface area contributed by atoms with Crippen LogP contribution in [0.5, 0.6) is 0 Å². The molecule has 0 atom stereocenters. The van der Waals surface area contributed by atoms with Crippen molar-refractivity contribution in [2.45, 2.75) is 6.92 Å². The molecule has 0 saturated heterocycles.